The first-order valence-corrected chi connectivity index (χ1v) is 7.20. The molecular formula is C15H20ClNO2. The van der Waals surface area contributed by atoms with Crippen molar-refractivity contribution in [2.24, 2.45) is 5.92 Å². The maximum Gasteiger partial charge on any atom is 0.223 e. The average molecular weight is 282 g/mol. The lowest BCUT2D eigenvalue weighted by atomic mass is 10.1. The molecule has 104 valence electrons. The quantitative estimate of drug-likeness (QED) is 0.842. The lowest BCUT2D eigenvalue weighted by Gasteiger charge is -2.08. The Morgan fingerprint density at radius 1 is 1.58 bits per heavy atom. The van der Waals surface area contributed by atoms with Crippen LogP contribution in [0.15, 0.2) is 24.3 Å². The summed E-state index contributed by atoms with van der Waals surface area (Å²) in [5, 5.41) is 13.0. The van der Waals surface area contributed by atoms with Crippen LogP contribution in [0.5, 0.6) is 0 Å². The number of nitrogens with one attached hydrogen (secondary N) is 1. The number of rotatable bonds is 6. The van der Waals surface area contributed by atoms with Crippen molar-refractivity contribution in [1.82, 2.24) is 5.32 Å². The van der Waals surface area contributed by atoms with Crippen molar-refractivity contribution in [3.63, 3.8) is 0 Å². The SMILES string of the molecule is CCC(O)CCNC(=O)C1CC1c1cccc(Cl)c1. The first-order valence-electron chi connectivity index (χ1n) is 6.83. The smallest absolute Gasteiger partial charge is 0.223 e. The van der Waals surface area contributed by atoms with Crippen LogP contribution in [0.3, 0.4) is 0 Å². The molecule has 4 heteroatoms. The topological polar surface area (TPSA) is 49.3 Å². The van der Waals surface area contributed by atoms with E-state index in [1.165, 1.54) is 0 Å². The van der Waals surface area contributed by atoms with E-state index >= 15 is 0 Å². The van der Waals surface area contributed by atoms with E-state index in [1.807, 2.05) is 31.2 Å². The van der Waals surface area contributed by atoms with Gasteiger partial charge >= 0.3 is 0 Å². The number of benzene rings is 1. The molecule has 1 amide bonds. The van der Waals surface area contributed by atoms with Crippen molar-refractivity contribution in [2.75, 3.05) is 6.54 Å². The van der Waals surface area contributed by atoms with E-state index < -0.39 is 0 Å². The minimum Gasteiger partial charge on any atom is -0.393 e. The van der Waals surface area contributed by atoms with Crippen molar-refractivity contribution in [1.29, 1.82) is 0 Å². The Labute approximate surface area is 119 Å². The predicted molar refractivity (Wildman–Crippen MR) is 76.2 cm³/mol. The van der Waals surface area contributed by atoms with E-state index in [4.69, 9.17) is 11.6 Å². The minimum atomic E-state index is -0.316. The maximum absolute atomic E-state index is 11.9. The molecule has 3 nitrogen and oxygen atoms in total. The number of hydrogen-bond acceptors (Lipinski definition) is 2. The summed E-state index contributed by atoms with van der Waals surface area (Å²) in [4.78, 5) is 11.9. The van der Waals surface area contributed by atoms with E-state index in [0.717, 1.165) is 23.4 Å². The normalized spacial score (nSPS) is 22.9. The molecule has 2 N–H and O–H groups in total. The molecule has 1 aromatic rings. The second-order valence-electron chi connectivity index (χ2n) is 5.15. The number of aliphatic hydroxyl groups is 1. The van der Waals surface area contributed by atoms with Gasteiger partial charge in [-0.1, -0.05) is 30.7 Å². The Morgan fingerprint density at radius 2 is 2.37 bits per heavy atom. The zero-order valence-electron chi connectivity index (χ0n) is 11.1. The summed E-state index contributed by atoms with van der Waals surface area (Å²) < 4.78 is 0. The Hall–Kier alpha value is -1.06. The molecule has 0 saturated heterocycles. The van der Waals surface area contributed by atoms with Crippen LogP contribution in [0.2, 0.25) is 5.02 Å². The molecule has 0 spiro atoms. The Morgan fingerprint density at radius 3 is 3.05 bits per heavy atom. The Kier molecular flexibility index (Phi) is 4.83. The van der Waals surface area contributed by atoms with E-state index in [-0.39, 0.29) is 17.9 Å². The average Bonchev–Trinajstić information content (AvgIpc) is 3.18. The van der Waals surface area contributed by atoms with Crippen molar-refractivity contribution in [3.8, 4) is 0 Å². The molecule has 19 heavy (non-hydrogen) atoms. The van der Waals surface area contributed by atoms with Crippen molar-refractivity contribution < 1.29 is 9.90 Å². The molecule has 0 bridgehead atoms. The largest absolute Gasteiger partial charge is 0.393 e. The zero-order valence-corrected chi connectivity index (χ0v) is 11.9. The molecule has 2 rings (SSSR count). The van der Waals surface area contributed by atoms with Crippen molar-refractivity contribution in [2.45, 2.75) is 38.2 Å². The fraction of sp³-hybridized carbons (Fsp3) is 0.533. The molecule has 0 aliphatic heterocycles. The summed E-state index contributed by atoms with van der Waals surface area (Å²) in [6.45, 7) is 2.48. The van der Waals surface area contributed by atoms with Gasteiger partial charge in [-0.2, -0.15) is 0 Å². The van der Waals surface area contributed by atoms with E-state index in [2.05, 4.69) is 5.32 Å². The number of carbonyl (C=O) groups excluding carboxylic acids is 1. The molecule has 3 unspecified atom stereocenters. The van der Waals surface area contributed by atoms with Crippen molar-refractivity contribution >= 4 is 17.5 Å². The lowest BCUT2D eigenvalue weighted by molar-refractivity contribution is -0.122. The van der Waals surface area contributed by atoms with Gasteiger partial charge in [-0.05, 0) is 42.9 Å². The minimum absolute atomic E-state index is 0.0669. The van der Waals surface area contributed by atoms with Crippen LogP contribution in [-0.4, -0.2) is 23.7 Å². The van der Waals surface area contributed by atoms with E-state index in [9.17, 15) is 9.90 Å². The van der Waals surface area contributed by atoms with Crippen LogP contribution in [0.4, 0.5) is 0 Å². The molecule has 0 heterocycles. The maximum atomic E-state index is 11.9. The van der Waals surface area contributed by atoms with E-state index in [1.54, 1.807) is 0 Å². The second-order valence-corrected chi connectivity index (χ2v) is 5.58. The van der Waals surface area contributed by atoms with Gasteiger partial charge in [0.25, 0.3) is 0 Å². The van der Waals surface area contributed by atoms with Crippen LogP contribution in [-0.2, 0) is 4.79 Å². The molecule has 0 aromatic heterocycles. The third kappa shape index (κ3) is 3.95. The highest BCUT2D eigenvalue weighted by Crippen LogP contribution is 2.47. The molecule has 0 radical (unpaired) electrons. The number of aliphatic hydroxyl groups excluding tert-OH is 1. The summed E-state index contributed by atoms with van der Waals surface area (Å²) in [6, 6.07) is 7.71. The summed E-state index contributed by atoms with van der Waals surface area (Å²) in [6.07, 6.45) is 1.92. The first kappa shape index (κ1) is 14.4. The Balaban J connectivity index is 1.78. The summed E-state index contributed by atoms with van der Waals surface area (Å²) in [5.41, 5.74) is 1.14. The number of halogens is 1. The van der Waals surface area contributed by atoms with Gasteiger partial charge in [-0.3, -0.25) is 4.79 Å². The first-order chi connectivity index (χ1) is 9.11. The van der Waals surface area contributed by atoms with Gasteiger partial charge in [-0.25, -0.2) is 0 Å². The fourth-order valence-electron chi connectivity index (χ4n) is 2.29. The number of amides is 1. The third-order valence-electron chi connectivity index (χ3n) is 3.65. The third-order valence-corrected chi connectivity index (χ3v) is 3.89. The van der Waals surface area contributed by atoms with Gasteiger partial charge in [0, 0.05) is 17.5 Å². The van der Waals surface area contributed by atoms with Gasteiger partial charge < -0.3 is 10.4 Å². The van der Waals surface area contributed by atoms with Crippen LogP contribution in [0.25, 0.3) is 0 Å². The van der Waals surface area contributed by atoms with Crippen LogP contribution < -0.4 is 5.32 Å². The van der Waals surface area contributed by atoms with E-state index in [0.29, 0.717) is 18.9 Å². The molecule has 3 atom stereocenters. The second kappa shape index (κ2) is 6.40. The summed E-state index contributed by atoms with van der Waals surface area (Å²) in [7, 11) is 0. The van der Waals surface area contributed by atoms with Crippen LogP contribution >= 0.6 is 11.6 Å². The molecule has 1 aliphatic carbocycles. The highest BCUT2D eigenvalue weighted by Gasteiger charge is 2.43. The number of carbonyl (C=O) groups is 1. The van der Waals surface area contributed by atoms with Crippen molar-refractivity contribution in [3.05, 3.63) is 34.9 Å². The predicted octanol–water partition coefficient (Wildman–Crippen LogP) is 2.72. The molecular weight excluding hydrogens is 262 g/mol. The highest BCUT2D eigenvalue weighted by atomic mass is 35.5. The fourth-order valence-corrected chi connectivity index (χ4v) is 2.49. The standard InChI is InChI=1S/C15H20ClNO2/c1-2-12(18)6-7-17-15(19)14-9-13(14)10-4-3-5-11(16)8-10/h3-5,8,12-14,18H,2,6-7,9H2,1H3,(H,17,19). The van der Waals surface area contributed by atoms with Crippen LogP contribution in [0, 0.1) is 5.92 Å². The summed E-state index contributed by atoms with van der Waals surface area (Å²) in [5.74, 6) is 0.459. The van der Waals surface area contributed by atoms with Gasteiger partial charge in [0.05, 0.1) is 6.10 Å². The van der Waals surface area contributed by atoms with Gasteiger partial charge in [0.15, 0.2) is 0 Å². The Bertz CT molecular complexity index is 450. The molecule has 1 fully saturated rings. The molecule has 1 aliphatic rings. The molecule has 1 aromatic carbocycles. The number of hydrogen-bond donors (Lipinski definition) is 2. The highest BCUT2D eigenvalue weighted by molar-refractivity contribution is 6.30. The monoisotopic (exact) mass is 281 g/mol. The summed E-state index contributed by atoms with van der Waals surface area (Å²) >= 11 is 5.95. The van der Waals surface area contributed by atoms with Gasteiger partial charge in [0.1, 0.15) is 0 Å². The lowest BCUT2D eigenvalue weighted by Crippen LogP contribution is -2.28. The van der Waals surface area contributed by atoms with Crippen LogP contribution in [0.1, 0.15) is 37.7 Å². The molecule has 1 saturated carbocycles. The zero-order chi connectivity index (χ0) is 13.8. The van der Waals surface area contributed by atoms with Gasteiger partial charge in [0.2, 0.25) is 5.91 Å². The van der Waals surface area contributed by atoms with Gasteiger partial charge in [-0.15, -0.1) is 0 Å².